The summed E-state index contributed by atoms with van der Waals surface area (Å²) in [5.41, 5.74) is 1.95. The molecule has 2 aromatic rings. The topological polar surface area (TPSA) is 100 Å². The third-order valence-electron chi connectivity index (χ3n) is 3.20. The summed E-state index contributed by atoms with van der Waals surface area (Å²) < 4.78 is 0. The lowest BCUT2D eigenvalue weighted by molar-refractivity contribution is 0.102. The van der Waals surface area contributed by atoms with Gasteiger partial charge in [-0.25, -0.2) is 4.98 Å². The van der Waals surface area contributed by atoms with E-state index in [-0.39, 0.29) is 17.4 Å². The molecule has 1 amide bonds. The van der Waals surface area contributed by atoms with Gasteiger partial charge in [-0.05, 0) is 30.9 Å². The predicted octanol–water partition coefficient (Wildman–Crippen LogP) is 2.39. The molecule has 124 valence electrons. The molecule has 7 nitrogen and oxygen atoms in total. The molecular weight excluding hydrogens is 314 g/mol. The van der Waals surface area contributed by atoms with Crippen LogP contribution < -0.4 is 10.6 Å². The molecule has 8 heteroatoms. The monoisotopic (exact) mass is 335 g/mol. The number of anilines is 2. The summed E-state index contributed by atoms with van der Waals surface area (Å²) in [7, 11) is 0. The number of aliphatic hydroxyl groups excluding tert-OH is 1. The van der Waals surface area contributed by atoms with Crippen LogP contribution in [0, 0.1) is 5.41 Å². The van der Waals surface area contributed by atoms with Crippen molar-refractivity contribution in [2.75, 3.05) is 17.2 Å². The minimum absolute atomic E-state index is 0.0519. The number of aliphatic hydroxyl groups is 1. The second kappa shape index (κ2) is 7.47. The first-order chi connectivity index (χ1) is 10.9. The lowest BCUT2D eigenvalue weighted by Crippen LogP contribution is -2.27. The maximum atomic E-state index is 12.0. The van der Waals surface area contributed by atoms with Crippen LogP contribution in [0.5, 0.6) is 0 Å². The van der Waals surface area contributed by atoms with Gasteiger partial charge in [-0.3, -0.25) is 10.1 Å². The standard InChI is InChI=1S/C15H21N5O2S/c1-10(21)6-15(2,3)8-17-12-5-4-11(7-16-12)13(22)19-14-20-18-9-23-14/h4-5,7,9-10,21H,6,8H2,1-3H3,(H,16,17)(H,19,20,22). The van der Waals surface area contributed by atoms with E-state index in [4.69, 9.17) is 0 Å². The van der Waals surface area contributed by atoms with Gasteiger partial charge >= 0.3 is 0 Å². The predicted molar refractivity (Wildman–Crippen MR) is 90.7 cm³/mol. The number of nitrogens with zero attached hydrogens (tertiary/aromatic N) is 3. The lowest BCUT2D eigenvalue weighted by Gasteiger charge is -2.26. The fraction of sp³-hybridized carbons (Fsp3) is 0.467. The van der Waals surface area contributed by atoms with Crippen LogP contribution >= 0.6 is 11.3 Å². The Balaban J connectivity index is 1.90. The van der Waals surface area contributed by atoms with Crippen LogP contribution in [-0.2, 0) is 0 Å². The molecule has 3 N–H and O–H groups in total. The molecule has 23 heavy (non-hydrogen) atoms. The van der Waals surface area contributed by atoms with Gasteiger partial charge in [-0.15, -0.1) is 10.2 Å². The Morgan fingerprint density at radius 2 is 2.22 bits per heavy atom. The van der Waals surface area contributed by atoms with E-state index in [0.29, 0.717) is 29.5 Å². The first-order valence-corrected chi connectivity index (χ1v) is 8.19. The van der Waals surface area contributed by atoms with Gasteiger partial charge in [0.05, 0.1) is 11.7 Å². The van der Waals surface area contributed by atoms with Crippen molar-refractivity contribution in [2.24, 2.45) is 5.41 Å². The summed E-state index contributed by atoms with van der Waals surface area (Å²) in [6.45, 7) is 6.62. The second-order valence-corrected chi connectivity index (χ2v) is 7.03. The Hall–Kier alpha value is -2.06. The molecular formula is C15H21N5O2S. The molecule has 0 saturated heterocycles. The zero-order valence-electron chi connectivity index (χ0n) is 13.4. The van der Waals surface area contributed by atoms with Gasteiger partial charge in [-0.2, -0.15) is 0 Å². The van der Waals surface area contributed by atoms with Crippen molar-refractivity contribution in [1.29, 1.82) is 0 Å². The van der Waals surface area contributed by atoms with E-state index >= 15 is 0 Å². The molecule has 0 spiro atoms. The van der Waals surface area contributed by atoms with Crippen LogP contribution in [0.25, 0.3) is 0 Å². The maximum absolute atomic E-state index is 12.0. The van der Waals surface area contributed by atoms with Gasteiger partial charge in [0.2, 0.25) is 5.13 Å². The Morgan fingerprint density at radius 3 is 2.78 bits per heavy atom. The molecule has 2 rings (SSSR count). The van der Waals surface area contributed by atoms with Crippen LogP contribution in [-0.4, -0.2) is 38.8 Å². The van der Waals surface area contributed by atoms with Gasteiger partial charge in [-0.1, -0.05) is 25.2 Å². The van der Waals surface area contributed by atoms with E-state index in [0.717, 1.165) is 0 Å². The van der Waals surface area contributed by atoms with E-state index < -0.39 is 0 Å². The molecule has 0 aromatic carbocycles. The molecule has 0 radical (unpaired) electrons. The summed E-state index contributed by atoms with van der Waals surface area (Å²) in [5, 5.41) is 23.3. The molecule has 1 atom stereocenters. The number of carbonyl (C=O) groups excluding carboxylic acids is 1. The fourth-order valence-corrected chi connectivity index (χ4v) is 2.67. The van der Waals surface area contributed by atoms with Crippen molar-refractivity contribution in [3.8, 4) is 0 Å². The number of pyridine rings is 1. The van der Waals surface area contributed by atoms with E-state index in [2.05, 4.69) is 39.7 Å². The Kier molecular flexibility index (Phi) is 5.62. The first-order valence-electron chi connectivity index (χ1n) is 7.31. The SMILES string of the molecule is CC(O)CC(C)(C)CNc1ccc(C(=O)Nc2nncs2)cn1. The summed E-state index contributed by atoms with van der Waals surface area (Å²) in [5.74, 6) is 0.423. The van der Waals surface area contributed by atoms with E-state index in [1.54, 1.807) is 24.6 Å². The zero-order chi connectivity index (χ0) is 16.9. The third kappa shape index (κ3) is 5.57. The van der Waals surface area contributed by atoms with Gasteiger partial charge < -0.3 is 10.4 Å². The molecule has 0 saturated carbocycles. The van der Waals surface area contributed by atoms with Gasteiger partial charge in [0, 0.05) is 12.7 Å². The molecule has 0 fully saturated rings. The highest BCUT2D eigenvalue weighted by Gasteiger charge is 2.20. The molecule has 1 unspecified atom stereocenters. The molecule has 0 aliphatic rings. The fourth-order valence-electron chi connectivity index (χ4n) is 2.23. The maximum Gasteiger partial charge on any atom is 0.259 e. The average Bonchev–Trinajstić information content (AvgIpc) is 2.97. The van der Waals surface area contributed by atoms with Crippen molar-refractivity contribution in [3.63, 3.8) is 0 Å². The second-order valence-electron chi connectivity index (χ2n) is 6.20. The van der Waals surface area contributed by atoms with Crippen LogP contribution in [0.15, 0.2) is 23.8 Å². The highest BCUT2D eigenvalue weighted by Crippen LogP contribution is 2.22. The molecule has 2 heterocycles. The van der Waals surface area contributed by atoms with E-state index in [1.165, 1.54) is 17.5 Å². The molecule has 0 aliphatic carbocycles. The normalized spacial score (nSPS) is 12.7. The number of hydrogen-bond donors (Lipinski definition) is 3. The number of hydrogen-bond acceptors (Lipinski definition) is 7. The number of nitrogens with one attached hydrogen (secondary N) is 2. The lowest BCUT2D eigenvalue weighted by atomic mass is 9.87. The molecule has 2 aromatic heterocycles. The Morgan fingerprint density at radius 1 is 1.43 bits per heavy atom. The van der Waals surface area contributed by atoms with E-state index in [1.807, 2.05) is 0 Å². The number of amides is 1. The Bertz CT molecular complexity index is 626. The minimum Gasteiger partial charge on any atom is -0.393 e. The summed E-state index contributed by atoms with van der Waals surface area (Å²) in [6, 6.07) is 3.46. The van der Waals surface area contributed by atoms with E-state index in [9.17, 15) is 9.90 Å². The largest absolute Gasteiger partial charge is 0.393 e. The highest BCUT2D eigenvalue weighted by molar-refractivity contribution is 7.13. The summed E-state index contributed by atoms with van der Waals surface area (Å²) in [6.07, 6.45) is 1.87. The average molecular weight is 335 g/mol. The summed E-state index contributed by atoms with van der Waals surface area (Å²) >= 11 is 1.26. The highest BCUT2D eigenvalue weighted by atomic mass is 32.1. The number of rotatable bonds is 7. The van der Waals surface area contributed by atoms with Crippen LogP contribution in [0.1, 0.15) is 37.6 Å². The van der Waals surface area contributed by atoms with Gasteiger partial charge in [0.25, 0.3) is 5.91 Å². The third-order valence-corrected chi connectivity index (χ3v) is 3.81. The zero-order valence-corrected chi connectivity index (χ0v) is 14.2. The van der Waals surface area contributed by atoms with Crippen molar-refractivity contribution >= 4 is 28.2 Å². The van der Waals surface area contributed by atoms with Crippen molar-refractivity contribution in [2.45, 2.75) is 33.3 Å². The first kappa shape index (κ1) is 17.3. The molecule has 0 bridgehead atoms. The molecule has 0 aliphatic heterocycles. The number of aromatic nitrogens is 3. The van der Waals surface area contributed by atoms with Crippen LogP contribution in [0.3, 0.4) is 0 Å². The van der Waals surface area contributed by atoms with Crippen molar-refractivity contribution in [1.82, 2.24) is 15.2 Å². The Labute approximate surface area is 139 Å². The van der Waals surface area contributed by atoms with Crippen molar-refractivity contribution < 1.29 is 9.90 Å². The minimum atomic E-state index is -0.341. The smallest absolute Gasteiger partial charge is 0.259 e. The van der Waals surface area contributed by atoms with Crippen molar-refractivity contribution in [3.05, 3.63) is 29.4 Å². The van der Waals surface area contributed by atoms with Gasteiger partial charge in [0.1, 0.15) is 11.3 Å². The van der Waals surface area contributed by atoms with Crippen LogP contribution in [0.4, 0.5) is 10.9 Å². The quantitative estimate of drug-likeness (QED) is 0.718. The van der Waals surface area contributed by atoms with Crippen LogP contribution in [0.2, 0.25) is 0 Å². The summed E-state index contributed by atoms with van der Waals surface area (Å²) in [4.78, 5) is 16.2. The van der Waals surface area contributed by atoms with Gasteiger partial charge in [0.15, 0.2) is 0 Å². The number of carbonyl (C=O) groups is 1.